The summed E-state index contributed by atoms with van der Waals surface area (Å²) in [6.45, 7) is 0. The van der Waals surface area contributed by atoms with E-state index in [9.17, 15) is 4.79 Å². The van der Waals surface area contributed by atoms with Gasteiger partial charge in [-0.3, -0.25) is 4.79 Å². The SMILES string of the molecule is NC(=O)c1cccc(N)c1-c1ccccc1I. The van der Waals surface area contributed by atoms with E-state index in [0.717, 1.165) is 9.13 Å². The van der Waals surface area contributed by atoms with Crippen LogP contribution in [-0.4, -0.2) is 5.91 Å². The average Bonchev–Trinajstić information content (AvgIpc) is 2.30. The fourth-order valence-corrected chi connectivity index (χ4v) is 2.40. The maximum atomic E-state index is 11.4. The number of primary amides is 1. The van der Waals surface area contributed by atoms with Crippen molar-refractivity contribution in [2.24, 2.45) is 5.73 Å². The predicted octanol–water partition coefficient (Wildman–Crippen LogP) is 2.64. The van der Waals surface area contributed by atoms with Gasteiger partial charge in [0.2, 0.25) is 5.91 Å². The molecule has 1 amide bonds. The largest absolute Gasteiger partial charge is 0.398 e. The highest BCUT2D eigenvalue weighted by Crippen LogP contribution is 2.32. The van der Waals surface area contributed by atoms with E-state index < -0.39 is 5.91 Å². The van der Waals surface area contributed by atoms with Gasteiger partial charge >= 0.3 is 0 Å². The van der Waals surface area contributed by atoms with Gasteiger partial charge in [-0.05, 0) is 46.4 Å². The molecule has 0 aliphatic rings. The highest BCUT2D eigenvalue weighted by Gasteiger charge is 2.14. The molecule has 2 aromatic carbocycles. The van der Waals surface area contributed by atoms with Crippen molar-refractivity contribution in [2.45, 2.75) is 0 Å². The van der Waals surface area contributed by atoms with Crippen molar-refractivity contribution in [3.05, 3.63) is 51.6 Å². The van der Waals surface area contributed by atoms with Crippen LogP contribution < -0.4 is 11.5 Å². The lowest BCUT2D eigenvalue weighted by Gasteiger charge is -2.11. The normalized spacial score (nSPS) is 10.2. The lowest BCUT2D eigenvalue weighted by atomic mass is 9.97. The van der Waals surface area contributed by atoms with Crippen LogP contribution in [0.2, 0.25) is 0 Å². The fourth-order valence-electron chi connectivity index (χ4n) is 1.74. The molecule has 0 saturated heterocycles. The molecule has 0 saturated carbocycles. The number of nitrogens with two attached hydrogens (primary N) is 2. The van der Waals surface area contributed by atoms with Crippen molar-refractivity contribution >= 4 is 34.2 Å². The van der Waals surface area contributed by atoms with E-state index in [0.29, 0.717) is 16.8 Å². The number of hydrogen-bond donors (Lipinski definition) is 2. The Kier molecular flexibility index (Phi) is 3.33. The predicted molar refractivity (Wildman–Crippen MR) is 77.5 cm³/mol. The van der Waals surface area contributed by atoms with Crippen LogP contribution >= 0.6 is 22.6 Å². The molecule has 4 N–H and O–H groups in total. The van der Waals surface area contributed by atoms with Crippen LogP contribution in [0.5, 0.6) is 0 Å². The molecule has 4 heteroatoms. The summed E-state index contributed by atoms with van der Waals surface area (Å²) in [5.41, 5.74) is 14.0. The van der Waals surface area contributed by atoms with Crippen molar-refractivity contribution in [1.82, 2.24) is 0 Å². The van der Waals surface area contributed by atoms with Crippen LogP contribution in [-0.2, 0) is 0 Å². The second-order valence-electron chi connectivity index (χ2n) is 3.61. The van der Waals surface area contributed by atoms with Gasteiger partial charge in [-0.1, -0.05) is 24.3 Å². The zero-order chi connectivity index (χ0) is 12.4. The lowest BCUT2D eigenvalue weighted by Crippen LogP contribution is -2.13. The molecule has 2 aromatic rings. The maximum absolute atomic E-state index is 11.4. The number of carbonyl (C=O) groups excluding carboxylic acids is 1. The number of halogens is 1. The minimum atomic E-state index is -0.466. The number of benzene rings is 2. The number of hydrogen-bond acceptors (Lipinski definition) is 2. The van der Waals surface area contributed by atoms with Crippen molar-refractivity contribution < 1.29 is 4.79 Å². The molecule has 2 rings (SSSR count). The second-order valence-corrected chi connectivity index (χ2v) is 4.78. The Labute approximate surface area is 113 Å². The molecule has 0 spiro atoms. The third-order valence-corrected chi connectivity index (χ3v) is 3.45. The van der Waals surface area contributed by atoms with Crippen molar-refractivity contribution in [3.8, 4) is 11.1 Å². The van der Waals surface area contributed by atoms with E-state index in [1.165, 1.54) is 0 Å². The van der Waals surface area contributed by atoms with E-state index in [2.05, 4.69) is 22.6 Å². The molecular weight excluding hydrogens is 327 g/mol. The molecule has 0 aliphatic carbocycles. The summed E-state index contributed by atoms with van der Waals surface area (Å²) >= 11 is 2.21. The van der Waals surface area contributed by atoms with Gasteiger partial charge in [-0.2, -0.15) is 0 Å². The Balaban J connectivity index is 2.75. The van der Waals surface area contributed by atoms with Crippen LogP contribution in [0, 0.1) is 3.57 Å². The first-order valence-corrected chi connectivity index (χ1v) is 6.12. The number of anilines is 1. The number of nitrogen functional groups attached to an aromatic ring is 1. The minimum absolute atomic E-state index is 0.453. The first kappa shape index (κ1) is 11.9. The Hall–Kier alpha value is -1.56. The van der Waals surface area contributed by atoms with E-state index >= 15 is 0 Å². The maximum Gasteiger partial charge on any atom is 0.249 e. The molecule has 0 aliphatic heterocycles. The molecule has 3 nitrogen and oxygen atoms in total. The van der Waals surface area contributed by atoms with Crippen LogP contribution in [0.4, 0.5) is 5.69 Å². The third kappa shape index (κ3) is 2.26. The molecule has 0 atom stereocenters. The van der Waals surface area contributed by atoms with E-state index in [-0.39, 0.29) is 0 Å². The summed E-state index contributed by atoms with van der Waals surface area (Å²) in [7, 11) is 0. The van der Waals surface area contributed by atoms with Crippen LogP contribution in [0.25, 0.3) is 11.1 Å². The van der Waals surface area contributed by atoms with Gasteiger partial charge in [0.05, 0.1) is 0 Å². The Morgan fingerprint density at radius 3 is 2.41 bits per heavy atom. The summed E-state index contributed by atoms with van der Waals surface area (Å²) in [6.07, 6.45) is 0. The fraction of sp³-hybridized carbons (Fsp3) is 0. The second kappa shape index (κ2) is 4.75. The van der Waals surface area contributed by atoms with Crippen molar-refractivity contribution in [2.75, 3.05) is 5.73 Å². The Morgan fingerprint density at radius 2 is 1.76 bits per heavy atom. The molecule has 0 bridgehead atoms. The Bertz CT molecular complexity index is 581. The van der Waals surface area contributed by atoms with Gasteiger partial charge in [-0.25, -0.2) is 0 Å². The first-order chi connectivity index (χ1) is 8.11. The van der Waals surface area contributed by atoms with Gasteiger partial charge < -0.3 is 11.5 Å². The zero-order valence-corrected chi connectivity index (χ0v) is 11.1. The standard InChI is InChI=1S/C13H11IN2O/c14-10-6-2-1-4-8(10)12-9(13(16)17)5-3-7-11(12)15/h1-7H,15H2,(H2,16,17). The quantitative estimate of drug-likeness (QED) is 0.653. The van der Waals surface area contributed by atoms with Crippen molar-refractivity contribution in [1.29, 1.82) is 0 Å². The van der Waals surface area contributed by atoms with E-state index in [1.54, 1.807) is 18.2 Å². The van der Waals surface area contributed by atoms with Crippen molar-refractivity contribution in [3.63, 3.8) is 0 Å². The topological polar surface area (TPSA) is 69.1 Å². The van der Waals surface area contributed by atoms with Crippen LogP contribution in [0.1, 0.15) is 10.4 Å². The van der Waals surface area contributed by atoms with E-state index in [4.69, 9.17) is 11.5 Å². The molecule has 17 heavy (non-hydrogen) atoms. The molecule has 0 heterocycles. The average molecular weight is 338 g/mol. The minimum Gasteiger partial charge on any atom is -0.398 e. The summed E-state index contributed by atoms with van der Waals surface area (Å²) in [5.74, 6) is -0.466. The highest BCUT2D eigenvalue weighted by atomic mass is 127. The van der Waals surface area contributed by atoms with E-state index in [1.807, 2.05) is 24.3 Å². The summed E-state index contributed by atoms with van der Waals surface area (Å²) in [4.78, 5) is 11.4. The van der Waals surface area contributed by atoms with Gasteiger partial charge in [-0.15, -0.1) is 0 Å². The lowest BCUT2D eigenvalue weighted by molar-refractivity contribution is 0.100. The number of rotatable bonds is 2. The summed E-state index contributed by atoms with van der Waals surface area (Å²) in [6, 6.07) is 12.9. The van der Waals surface area contributed by atoms with Crippen LogP contribution in [0.15, 0.2) is 42.5 Å². The number of amides is 1. The highest BCUT2D eigenvalue weighted by molar-refractivity contribution is 14.1. The zero-order valence-electron chi connectivity index (χ0n) is 8.98. The van der Waals surface area contributed by atoms with Gasteiger partial charge in [0.1, 0.15) is 0 Å². The smallest absolute Gasteiger partial charge is 0.249 e. The Morgan fingerprint density at radius 1 is 1.06 bits per heavy atom. The van der Waals surface area contributed by atoms with Gasteiger partial charge in [0.25, 0.3) is 0 Å². The molecule has 0 aromatic heterocycles. The number of carbonyl (C=O) groups is 1. The molecule has 86 valence electrons. The molecule has 0 fully saturated rings. The molecular formula is C13H11IN2O. The monoisotopic (exact) mass is 338 g/mol. The summed E-state index contributed by atoms with van der Waals surface area (Å²) < 4.78 is 1.03. The summed E-state index contributed by atoms with van der Waals surface area (Å²) in [5, 5.41) is 0. The van der Waals surface area contributed by atoms with Gasteiger partial charge in [0.15, 0.2) is 0 Å². The molecule has 0 unspecified atom stereocenters. The van der Waals surface area contributed by atoms with Crippen LogP contribution in [0.3, 0.4) is 0 Å². The molecule has 0 radical (unpaired) electrons. The van der Waals surface area contributed by atoms with Gasteiger partial charge in [0, 0.05) is 20.4 Å². The third-order valence-electron chi connectivity index (χ3n) is 2.51. The first-order valence-electron chi connectivity index (χ1n) is 5.04.